The summed E-state index contributed by atoms with van der Waals surface area (Å²) in [6.45, 7) is 6.08. The molecule has 1 aromatic rings. The number of carboxylic acids is 1. The van der Waals surface area contributed by atoms with Gasteiger partial charge in [-0.2, -0.15) is 0 Å². The summed E-state index contributed by atoms with van der Waals surface area (Å²) >= 11 is 0. The van der Waals surface area contributed by atoms with Gasteiger partial charge in [-0.3, -0.25) is 9.69 Å². The molecule has 1 rings (SSSR count). The summed E-state index contributed by atoms with van der Waals surface area (Å²) < 4.78 is 5.32. The maximum atomic E-state index is 10.8. The van der Waals surface area contributed by atoms with Crippen LogP contribution in [-0.2, 0) is 4.79 Å². The van der Waals surface area contributed by atoms with Crippen molar-refractivity contribution in [2.75, 3.05) is 6.54 Å². The zero-order valence-electron chi connectivity index (χ0n) is 10.0. The van der Waals surface area contributed by atoms with Crippen molar-refractivity contribution in [3.05, 3.63) is 24.2 Å². The van der Waals surface area contributed by atoms with Gasteiger partial charge in [0.05, 0.1) is 18.8 Å². The van der Waals surface area contributed by atoms with E-state index in [0.717, 1.165) is 12.2 Å². The van der Waals surface area contributed by atoms with E-state index in [1.807, 2.05) is 37.8 Å². The van der Waals surface area contributed by atoms with E-state index in [0.29, 0.717) is 0 Å². The average molecular weight is 225 g/mol. The van der Waals surface area contributed by atoms with Gasteiger partial charge in [0.25, 0.3) is 0 Å². The molecule has 0 bridgehead atoms. The maximum Gasteiger partial charge on any atom is 0.317 e. The van der Waals surface area contributed by atoms with Gasteiger partial charge in [0.1, 0.15) is 5.76 Å². The van der Waals surface area contributed by atoms with Crippen LogP contribution in [0.25, 0.3) is 0 Å². The van der Waals surface area contributed by atoms with Crippen molar-refractivity contribution in [3.8, 4) is 0 Å². The molecule has 0 radical (unpaired) electrons. The first-order chi connectivity index (χ1) is 7.56. The highest BCUT2D eigenvalue weighted by molar-refractivity contribution is 5.69. The first-order valence-corrected chi connectivity index (χ1v) is 5.57. The predicted molar refractivity (Wildman–Crippen MR) is 61.2 cm³/mol. The Morgan fingerprint density at radius 2 is 2.25 bits per heavy atom. The van der Waals surface area contributed by atoms with E-state index in [-0.39, 0.29) is 18.6 Å². The third kappa shape index (κ3) is 3.10. The number of hydrogen-bond acceptors (Lipinski definition) is 3. The summed E-state index contributed by atoms with van der Waals surface area (Å²) in [7, 11) is 0. The molecule has 0 fully saturated rings. The molecule has 2 unspecified atom stereocenters. The standard InChI is InChI=1S/C12H19NO3/c1-4-9(2)13(8-12(14)15)10(3)11-6-5-7-16-11/h5-7,9-10H,4,8H2,1-3H3,(H,14,15). The summed E-state index contributed by atoms with van der Waals surface area (Å²) in [5.74, 6) is 0.000237. The largest absolute Gasteiger partial charge is 0.480 e. The molecule has 0 spiro atoms. The highest BCUT2D eigenvalue weighted by Crippen LogP contribution is 2.23. The molecule has 1 N–H and O–H groups in total. The van der Waals surface area contributed by atoms with Crippen LogP contribution in [0.5, 0.6) is 0 Å². The third-order valence-corrected chi connectivity index (χ3v) is 2.93. The molecular weight excluding hydrogens is 206 g/mol. The van der Waals surface area contributed by atoms with Crippen LogP contribution >= 0.6 is 0 Å². The lowest BCUT2D eigenvalue weighted by Gasteiger charge is -2.31. The second-order valence-electron chi connectivity index (χ2n) is 4.01. The first-order valence-electron chi connectivity index (χ1n) is 5.57. The molecule has 0 aliphatic carbocycles. The van der Waals surface area contributed by atoms with Crippen LogP contribution in [0.2, 0.25) is 0 Å². The van der Waals surface area contributed by atoms with Gasteiger partial charge in [0.15, 0.2) is 0 Å². The second kappa shape index (κ2) is 5.70. The molecule has 90 valence electrons. The van der Waals surface area contributed by atoms with E-state index in [1.165, 1.54) is 0 Å². The molecule has 0 aliphatic heterocycles. The number of carbonyl (C=O) groups is 1. The Morgan fingerprint density at radius 1 is 1.56 bits per heavy atom. The minimum atomic E-state index is -0.807. The summed E-state index contributed by atoms with van der Waals surface area (Å²) in [5.41, 5.74) is 0. The SMILES string of the molecule is CCC(C)N(CC(=O)O)C(C)c1ccco1. The topological polar surface area (TPSA) is 53.7 Å². The highest BCUT2D eigenvalue weighted by Gasteiger charge is 2.24. The fourth-order valence-electron chi connectivity index (χ4n) is 1.76. The van der Waals surface area contributed by atoms with Gasteiger partial charge in [-0.1, -0.05) is 6.92 Å². The number of aliphatic carboxylic acids is 1. The van der Waals surface area contributed by atoms with Crippen molar-refractivity contribution >= 4 is 5.97 Å². The molecule has 0 aliphatic rings. The zero-order chi connectivity index (χ0) is 12.1. The van der Waals surface area contributed by atoms with Gasteiger partial charge in [0.2, 0.25) is 0 Å². The van der Waals surface area contributed by atoms with Gasteiger partial charge < -0.3 is 9.52 Å². The molecule has 4 heteroatoms. The van der Waals surface area contributed by atoms with Crippen LogP contribution in [-0.4, -0.2) is 28.6 Å². The van der Waals surface area contributed by atoms with Gasteiger partial charge >= 0.3 is 5.97 Å². The maximum absolute atomic E-state index is 10.8. The third-order valence-electron chi connectivity index (χ3n) is 2.93. The van der Waals surface area contributed by atoms with E-state index < -0.39 is 5.97 Å². The van der Waals surface area contributed by atoms with Crippen LogP contribution in [0.3, 0.4) is 0 Å². The highest BCUT2D eigenvalue weighted by atomic mass is 16.4. The van der Waals surface area contributed by atoms with Crippen molar-refractivity contribution in [3.63, 3.8) is 0 Å². The van der Waals surface area contributed by atoms with Crippen LogP contribution in [0.1, 0.15) is 39.0 Å². The lowest BCUT2D eigenvalue weighted by atomic mass is 10.1. The normalized spacial score (nSPS) is 15.0. The quantitative estimate of drug-likeness (QED) is 0.808. The monoisotopic (exact) mass is 225 g/mol. The van der Waals surface area contributed by atoms with Gasteiger partial charge in [-0.05, 0) is 32.4 Å². The first kappa shape index (κ1) is 12.8. The van der Waals surface area contributed by atoms with E-state index in [9.17, 15) is 4.79 Å². The van der Waals surface area contributed by atoms with Crippen molar-refractivity contribution in [1.82, 2.24) is 4.90 Å². The second-order valence-corrected chi connectivity index (χ2v) is 4.01. The number of furan rings is 1. The van der Waals surface area contributed by atoms with E-state index in [4.69, 9.17) is 9.52 Å². The van der Waals surface area contributed by atoms with E-state index >= 15 is 0 Å². The number of carboxylic acid groups (broad SMARTS) is 1. The van der Waals surface area contributed by atoms with Crippen LogP contribution in [0, 0.1) is 0 Å². The summed E-state index contributed by atoms with van der Waals surface area (Å²) in [6.07, 6.45) is 2.53. The fraction of sp³-hybridized carbons (Fsp3) is 0.583. The van der Waals surface area contributed by atoms with Crippen LogP contribution in [0.15, 0.2) is 22.8 Å². The zero-order valence-corrected chi connectivity index (χ0v) is 10.0. The van der Waals surface area contributed by atoms with Crippen molar-refractivity contribution < 1.29 is 14.3 Å². The van der Waals surface area contributed by atoms with E-state index in [2.05, 4.69) is 0 Å². The van der Waals surface area contributed by atoms with Gasteiger partial charge in [-0.25, -0.2) is 0 Å². The van der Waals surface area contributed by atoms with Crippen molar-refractivity contribution in [2.24, 2.45) is 0 Å². The lowest BCUT2D eigenvalue weighted by molar-refractivity contribution is -0.139. The number of nitrogens with zero attached hydrogens (tertiary/aromatic N) is 1. The summed E-state index contributed by atoms with van der Waals surface area (Å²) in [4.78, 5) is 12.8. The lowest BCUT2D eigenvalue weighted by Crippen LogP contribution is -2.38. The minimum Gasteiger partial charge on any atom is -0.480 e. The van der Waals surface area contributed by atoms with Crippen molar-refractivity contribution in [1.29, 1.82) is 0 Å². The molecule has 0 aromatic carbocycles. The molecule has 16 heavy (non-hydrogen) atoms. The average Bonchev–Trinajstić information content (AvgIpc) is 2.77. The minimum absolute atomic E-state index is 0.0129. The summed E-state index contributed by atoms with van der Waals surface area (Å²) in [5, 5.41) is 8.90. The Bertz CT molecular complexity index is 321. The Kier molecular flexibility index (Phi) is 4.55. The van der Waals surface area contributed by atoms with Crippen LogP contribution < -0.4 is 0 Å². The number of rotatable bonds is 6. The predicted octanol–water partition coefficient (Wildman–Crippen LogP) is 2.53. The van der Waals surface area contributed by atoms with Crippen molar-refractivity contribution in [2.45, 2.75) is 39.3 Å². The van der Waals surface area contributed by atoms with Gasteiger partial charge in [0, 0.05) is 6.04 Å². The molecule has 0 amide bonds. The molecule has 1 aromatic heterocycles. The molecule has 4 nitrogen and oxygen atoms in total. The molecule has 0 saturated carbocycles. The molecule has 1 heterocycles. The summed E-state index contributed by atoms with van der Waals surface area (Å²) in [6, 6.07) is 3.90. The smallest absolute Gasteiger partial charge is 0.317 e. The Hall–Kier alpha value is -1.29. The molecule has 0 saturated heterocycles. The Labute approximate surface area is 95.9 Å². The van der Waals surface area contributed by atoms with Gasteiger partial charge in [-0.15, -0.1) is 0 Å². The Morgan fingerprint density at radius 3 is 2.69 bits per heavy atom. The molecule has 2 atom stereocenters. The Balaban J connectivity index is 2.79. The van der Waals surface area contributed by atoms with E-state index in [1.54, 1.807) is 6.26 Å². The number of hydrogen-bond donors (Lipinski definition) is 1. The molecular formula is C12H19NO3. The fourth-order valence-corrected chi connectivity index (χ4v) is 1.76. The van der Waals surface area contributed by atoms with Crippen LogP contribution in [0.4, 0.5) is 0 Å².